The van der Waals surface area contributed by atoms with Crippen LogP contribution in [0.4, 0.5) is 0 Å². The van der Waals surface area contributed by atoms with Crippen LogP contribution >= 0.6 is 0 Å². The first-order valence-electron chi connectivity index (χ1n) is 4.59. The van der Waals surface area contributed by atoms with Crippen LogP contribution < -0.4 is 5.32 Å². The van der Waals surface area contributed by atoms with Crippen LogP contribution in [-0.2, 0) is 9.53 Å². The lowest BCUT2D eigenvalue weighted by molar-refractivity contribution is -0.120. The Morgan fingerprint density at radius 3 is 3.08 bits per heavy atom. The molecule has 1 spiro atoms. The van der Waals surface area contributed by atoms with Crippen LogP contribution in [0.1, 0.15) is 26.2 Å². The maximum absolute atomic E-state index is 11.1. The molecule has 2 saturated heterocycles. The standard InChI is InChI=1S/C9H15NO2/c1-7-4-9(2-3-12-7)5-8(11)10-6-9/h7H,2-6H2,1H3,(H,10,11). The molecule has 1 amide bonds. The van der Waals surface area contributed by atoms with Gasteiger partial charge in [-0.25, -0.2) is 0 Å². The third-order valence-corrected chi connectivity index (χ3v) is 2.95. The van der Waals surface area contributed by atoms with Gasteiger partial charge in [-0.1, -0.05) is 0 Å². The van der Waals surface area contributed by atoms with E-state index in [-0.39, 0.29) is 11.3 Å². The molecule has 2 aliphatic rings. The molecule has 0 aromatic rings. The molecule has 0 bridgehead atoms. The topological polar surface area (TPSA) is 38.3 Å². The van der Waals surface area contributed by atoms with E-state index < -0.39 is 0 Å². The highest BCUT2D eigenvalue weighted by Gasteiger charge is 2.41. The largest absolute Gasteiger partial charge is 0.378 e. The first-order valence-corrected chi connectivity index (χ1v) is 4.59. The first-order chi connectivity index (χ1) is 5.70. The zero-order chi connectivity index (χ0) is 8.60. The van der Waals surface area contributed by atoms with Gasteiger partial charge in [0.05, 0.1) is 6.10 Å². The van der Waals surface area contributed by atoms with Crippen LogP contribution in [-0.4, -0.2) is 25.2 Å². The molecule has 68 valence electrons. The Kier molecular flexibility index (Phi) is 1.83. The SMILES string of the molecule is CC1CC2(CCO1)CNC(=O)C2. The van der Waals surface area contributed by atoms with Crippen molar-refractivity contribution in [3.05, 3.63) is 0 Å². The van der Waals surface area contributed by atoms with Crippen LogP contribution in [0.5, 0.6) is 0 Å². The second-order valence-electron chi connectivity index (χ2n) is 4.09. The summed E-state index contributed by atoms with van der Waals surface area (Å²) >= 11 is 0. The molecule has 2 atom stereocenters. The van der Waals surface area contributed by atoms with Crippen molar-refractivity contribution in [1.29, 1.82) is 0 Å². The van der Waals surface area contributed by atoms with Gasteiger partial charge in [-0.3, -0.25) is 4.79 Å². The van der Waals surface area contributed by atoms with Crippen LogP contribution in [0.2, 0.25) is 0 Å². The molecule has 0 radical (unpaired) electrons. The van der Waals surface area contributed by atoms with Crippen molar-refractivity contribution in [2.45, 2.75) is 32.3 Å². The van der Waals surface area contributed by atoms with E-state index in [1.807, 2.05) is 0 Å². The van der Waals surface area contributed by atoms with E-state index >= 15 is 0 Å². The van der Waals surface area contributed by atoms with E-state index in [0.29, 0.717) is 12.5 Å². The smallest absolute Gasteiger partial charge is 0.220 e. The van der Waals surface area contributed by atoms with Gasteiger partial charge >= 0.3 is 0 Å². The van der Waals surface area contributed by atoms with Crippen molar-refractivity contribution >= 4 is 5.91 Å². The summed E-state index contributed by atoms with van der Waals surface area (Å²) in [7, 11) is 0. The maximum atomic E-state index is 11.1. The maximum Gasteiger partial charge on any atom is 0.220 e. The van der Waals surface area contributed by atoms with E-state index in [2.05, 4.69) is 12.2 Å². The lowest BCUT2D eigenvalue weighted by Gasteiger charge is -2.35. The molecule has 0 aliphatic carbocycles. The number of hydrogen-bond donors (Lipinski definition) is 1. The van der Waals surface area contributed by atoms with E-state index in [0.717, 1.165) is 26.0 Å². The number of amides is 1. The van der Waals surface area contributed by atoms with Crippen molar-refractivity contribution in [2.24, 2.45) is 5.41 Å². The summed E-state index contributed by atoms with van der Waals surface area (Å²) in [6, 6.07) is 0. The average molecular weight is 169 g/mol. The second-order valence-corrected chi connectivity index (χ2v) is 4.09. The fourth-order valence-electron chi connectivity index (χ4n) is 2.32. The molecule has 0 aromatic heterocycles. The summed E-state index contributed by atoms with van der Waals surface area (Å²) in [6.45, 7) is 3.76. The molecule has 3 heteroatoms. The Bertz CT molecular complexity index is 205. The van der Waals surface area contributed by atoms with Gasteiger partial charge in [0.25, 0.3) is 0 Å². The molecule has 3 nitrogen and oxygen atoms in total. The van der Waals surface area contributed by atoms with Crippen LogP contribution in [0.25, 0.3) is 0 Å². The summed E-state index contributed by atoms with van der Waals surface area (Å²) in [5, 5.41) is 2.91. The van der Waals surface area contributed by atoms with Crippen molar-refractivity contribution in [2.75, 3.05) is 13.2 Å². The Morgan fingerprint density at radius 2 is 2.50 bits per heavy atom. The Morgan fingerprint density at radius 1 is 1.67 bits per heavy atom. The highest BCUT2D eigenvalue weighted by Crippen LogP contribution is 2.38. The van der Waals surface area contributed by atoms with Gasteiger partial charge in [-0.2, -0.15) is 0 Å². The summed E-state index contributed by atoms with van der Waals surface area (Å²) in [4.78, 5) is 11.1. The Labute approximate surface area is 72.5 Å². The number of rotatable bonds is 0. The van der Waals surface area contributed by atoms with Gasteiger partial charge in [0, 0.05) is 25.0 Å². The third kappa shape index (κ3) is 1.33. The minimum Gasteiger partial charge on any atom is -0.378 e. The fraction of sp³-hybridized carbons (Fsp3) is 0.889. The second kappa shape index (κ2) is 2.73. The minimum absolute atomic E-state index is 0.212. The molecule has 2 aliphatic heterocycles. The van der Waals surface area contributed by atoms with Crippen molar-refractivity contribution in [3.8, 4) is 0 Å². The third-order valence-electron chi connectivity index (χ3n) is 2.95. The van der Waals surface area contributed by atoms with Gasteiger partial charge in [-0.05, 0) is 19.8 Å². The lowest BCUT2D eigenvalue weighted by Crippen LogP contribution is -2.35. The van der Waals surface area contributed by atoms with Crippen LogP contribution in [0, 0.1) is 5.41 Å². The zero-order valence-electron chi connectivity index (χ0n) is 7.43. The van der Waals surface area contributed by atoms with E-state index in [9.17, 15) is 4.79 Å². The molecular weight excluding hydrogens is 154 g/mol. The van der Waals surface area contributed by atoms with Gasteiger partial charge in [-0.15, -0.1) is 0 Å². The molecule has 1 N–H and O–H groups in total. The van der Waals surface area contributed by atoms with Crippen LogP contribution in [0.15, 0.2) is 0 Å². The fourth-order valence-corrected chi connectivity index (χ4v) is 2.32. The molecule has 0 saturated carbocycles. The van der Waals surface area contributed by atoms with Gasteiger partial charge < -0.3 is 10.1 Å². The molecule has 2 fully saturated rings. The van der Waals surface area contributed by atoms with Gasteiger partial charge in [0.2, 0.25) is 5.91 Å². The number of nitrogens with one attached hydrogen (secondary N) is 1. The highest BCUT2D eigenvalue weighted by atomic mass is 16.5. The molecule has 0 aromatic carbocycles. The van der Waals surface area contributed by atoms with E-state index in [4.69, 9.17) is 4.74 Å². The number of ether oxygens (including phenoxy) is 1. The van der Waals surface area contributed by atoms with Gasteiger partial charge in [0.15, 0.2) is 0 Å². The molecule has 2 unspecified atom stereocenters. The minimum atomic E-state index is 0.212. The Balaban J connectivity index is 2.05. The Hall–Kier alpha value is -0.570. The summed E-state index contributed by atoms with van der Waals surface area (Å²) in [5.41, 5.74) is 0.231. The lowest BCUT2D eigenvalue weighted by atomic mass is 9.77. The van der Waals surface area contributed by atoms with E-state index in [1.165, 1.54) is 0 Å². The number of hydrogen-bond acceptors (Lipinski definition) is 2. The number of carbonyl (C=O) groups excluding carboxylic acids is 1. The predicted molar refractivity (Wildman–Crippen MR) is 44.7 cm³/mol. The quantitative estimate of drug-likeness (QED) is 0.579. The zero-order valence-corrected chi connectivity index (χ0v) is 7.43. The normalized spacial score (nSPS) is 41.8. The predicted octanol–water partition coefficient (Wildman–Crippen LogP) is 0.692. The average Bonchev–Trinajstić information content (AvgIpc) is 2.32. The molecular formula is C9H15NO2. The van der Waals surface area contributed by atoms with E-state index in [1.54, 1.807) is 0 Å². The van der Waals surface area contributed by atoms with Gasteiger partial charge in [0.1, 0.15) is 0 Å². The first kappa shape index (κ1) is 8.05. The van der Waals surface area contributed by atoms with Crippen molar-refractivity contribution < 1.29 is 9.53 Å². The molecule has 2 heterocycles. The molecule has 2 rings (SSSR count). The summed E-state index contributed by atoms with van der Waals surface area (Å²) in [5.74, 6) is 0.212. The number of carbonyl (C=O) groups is 1. The van der Waals surface area contributed by atoms with Crippen molar-refractivity contribution in [3.63, 3.8) is 0 Å². The summed E-state index contributed by atoms with van der Waals surface area (Å²) < 4.78 is 5.46. The van der Waals surface area contributed by atoms with Crippen LogP contribution in [0.3, 0.4) is 0 Å². The van der Waals surface area contributed by atoms with Crippen molar-refractivity contribution in [1.82, 2.24) is 5.32 Å². The summed E-state index contributed by atoms with van der Waals surface area (Å²) in [6.07, 6.45) is 3.11. The highest BCUT2D eigenvalue weighted by molar-refractivity contribution is 5.79. The molecule has 12 heavy (non-hydrogen) atoms. The monoisotopic (exact) mass is 169 g/mol.